The molecule has 0 bridgehead atoms. The maximum absolute atomic E-state index is 11.1. The molecule has 116 valence electrons. The van der Waals surface area contributed by atoms with E-state index in [-0.39, 0.29) is 11.9 Å². The zero-order valence-corrected chi connectivity index (χ0v) is 13.5. The van der Waals surface area contributed by atoms with Crippen LogP contribution in [0.15, 0.2) is 48.5 Å². The average Bonchev–Trinajstić information content (AvgIpc) is 2.48. The van der Waals surface area contributed by atoms with Crippen molar-refractivity contribution >= 4 is 17.3 Å². The van der Waals surface area contributed by atoms with Crippen LogP contribution in [0.25, 0.3) is 0 Å². The minimum absolute atomic E-state index is 0.0586. The maximum atomic E-state index is 11.1. The Morgan fingerprint density at radius 1 is 1.09 bits per heavy atom. The van der Waals surface area contributed by atoms with Gasteiger partial charge in [-0.1, -0.05) is 43.7 Å². The Kier molecular flexibility index (Phi) is 5.59. The summed E-state index contributed by atoms with van der Waals surface area (Å²) in [4.78, 5) is 11.1. The van der Waals surface area contributed by atoms with Gasteiger partial charge in [0.05, 0.1) is 0 Å². The van der Waals surface area contributed by atoms with Crippen LogP contribution in [0, 0.1) is 0 Å². The summed E-state index contributed by atoms with van der Waals surface area (Å²) in [6.07, 6.45) is 2.30. The highest BCUT2D eigenvalue weighted by molar-refractivity contribution is 5.89. The molecule has 1 atom stereocenters. The van der Waals surface area contributed by atoms with Gasteiger partial charge in [-0.2, -0.15) is 0 Å². The van der Waals surface area contributed by atoms with Crippen molar-refractivity contribution in [3.8, 4) is 0 Å². The van der Waals surface area contributed by atoms with Crippen LogP contribution in [-0.4, -0.2) is 5.91 Å². The third-order valence-electron chi connectivity index (χ3n) is 3.58. The van der Waals surface area contributed by atoms with Crippen molar-refractivity contribution in [2.45, 2.75) is 39.7 Å². The van der Waals surface area contributed by atoms with Crippen LogP contribution in [0.5, 0.6) is 0 Å². The van der Waals surface area contributed by atoms with Gasteiger partial charge in [0.25, 0.3) is 0 Å². The second-order valence-electron chi connectivity index (χ2n) is 5.62. The van der Waals surface area contributed by atoms with Crippen molar-refractivity contribution in [3.63, 3.8) is 0 Å². The van der Waals surface area contributed by atoms with E-state index in [0.717, 1.165) is 17.8 Å². The molecule has 3 nitrogen and oxygen atoms in total. The molecule has 0 aromatic heterocycles. The highest BCUT2D eigenvalue weighted by Gasteiger charge is 2.06. The van der Waals surface area contributed by atoms with Crippen LogP contribution in [-0.2, 0) is 11.2 Å². The number of carbonyl (C=O) groups is 1. The second-order valence-corrected chi connectivity index (χ2v) is 5.62. The number of amides is 1. The van der Waals surface area contributed by atoms with Crippen molar-refractivity contribution in [1.82, 2.24) is 0 Å². The van der Waals surface area contributed by atoms with Gasteiger partial charge >= 0.3 is 0 Å². The van der Waals surface area contributed by atoms with Crippen LogP contribution in [0.4, 0.5) is 11.4 Å². The van der Waals surface area contributed by atoms with Crippen molar-refractivity contribution in [1.29, 1.82) is 0 Å². The molecule has 0 saturated heterocycles. The summed E-state index contributed by atoms with van der Waals surface area (Å²) in [5.41, 5.74) is 4.44. The van der Waals surface area contributed by atoms with Gasteiger partial charge in [-0.3, -0.25) is 4.79 Å². The lowest BCUT2D eigenvalue weighted by atomic mass is 10.0. The highest BCUT2D eigenvalue weighted by atomic mass is 16.1. The SMILES string of the molecule is CCCc1ccc(C(C)Nc2cccc(NC(C)=O)c2)cc1. The van der Waals surface area contributed by atoms with Crippen LogP contribution >= 0.6 is 0 Å². The zero-order chi connectivity index (χ0) is 15.9. The van der Waals surface area contributed by atoms with E-state index in [1.165, 1.54) is 24.5 Å². The van der Waals surface area contributed by atoms with Crippen LogP contribution < -0.4 is 10.6 Å². The first-order valence-electron chi connectivity index (χ1n) is 7.81. The normalized spacial score (nSPS) is 11.8. The number of carbonyl (C=O) groups excluding carboxylic acids is 1. The third-order valence-corrected chi connectivity index (χ3v) is 3.58. The Labute approximate surface area is 132 Å². The van der Waals surface area contributed by atoms with E-state index >= 15 is 0 Å². The number of hydrogen-bond acceptors (Lipinski definition) is 2. The van der Waals surface area contributed by atoms with E-state index < -0.39 is 0 Å². The summed E-state index contributed by atoms with van der Waals surface area (Å²) in [6, 6.07) is 16.7. The molecule has 0 heterocycles. The summed E-state index contributed by atoms with van der Waals surface area (Å²) < 4.78 is 0. The molecule has 3 heteroatoms. The van der Waals surface area contributed by atoms with Crippen molar-refractivity contribution in [2.75, 3.05) is 10.6 Å². The predicted molar refractivity (Wildman–Crippen MR) is 93.2 cm³/mol. The number of anilines is 2. The lowest BCUT2D eigenvalue weighted by Gasteiger charge is -2.17. The Balaban J connectivity index is 2.04. The number of nitrogens with one attached hydrogen (secondary N) is 2. The molecule has 2 aromatic rings. The van der Waals surface area contributed by atoms with Crippen LogP contribution in [0.2, 0.25) is 0 Å². The van der Waals surface area contributed by atoms with E-state index in [1.54, 1.807) is 0 Å². The summed E-state index contributed by atoms with van der Waals surface area (Å²) in [5, 5.41) is 6.27. The summed E-state index contributed by atoms with van der Waals surface area (Å²) >= 11 is 0. The molecule has 0 fully saturated rings. The molecule has 0 aliphatic rings. The topological polar surface area (TPSA) is 41.1 Å². The van der Waals surface area contributed by atoms with E-state index in [0.29, 0.717) is 0 Å². The summed E-state index contributed by atoms with van der Waals surface area (Å²) in [6.45, 7) is 5.85. The average molecular weight is 296 g/mol. The molecule has 0 spiro atoms. The highest BCUT2D eigenvalue weighted by Crippen LogP contribution is 2.22. The van der Waals surface area contributed by atoms with Gasteiger partial charge in [0, 0.05) is 24.3 Å². The molecule has 0 aliphatic heterocycles. The van der Waals surface area contributed by atoms with E-state index in [4.69, 9.17) is 0 Å². The van der Waals surface area contributed by atoms with Gasteiger partial charge in [-0.15, -0.1) is 0 Å². The molecule has 1 unspecified atom stereocenters. The quantitative estimate of drug-likeness (QED) is 0.806. The molecule has 2 rings (SSSR count). The lowest BCUT2D eigenvalue weighted by Crippen LogP contribution is -2.08. The molecule has 2 N–H and O–H groups in total. The van der Waals surface area contributed by atoms with E-state index in [2.05, 4.69) is 48.7 Å². The van der Waals surface area contributed by atoms with Crippen LogP contribution in [0.1, 0.15) is 44.4 Å². The number of hydrogen-bond donors (Lipinski definition) is 2. The second kappa shape index (κ2) is 7.64. The molecular weight excluding hydrogens is 272 g/mol. The lowest BCUT2D eigenvalue weighted by molar-refractivity contribution is -0.114. The molecule has 0 aliphatic carbocycles. The first-order valence-corrected chi connectivity index (χ1v) is 7.81. The van der Waals surface area contributed by atoms with Gasteiger partial charge < -0.3 is 10.6 Å². The Bertz CT molecular complexity index is 620. The first kappa shape index (κ1) is 16.1. The summed E-state index contributed by atoms with van der Waals surface area (Å²) in [5.74, 6) is -0.0586. The standard InChI is InChI=1S/C19H24N2O/c1-4-6-16-9-11-17(12-10-16)14(2)20-18-7-5-8-19(13-18)21-15(3)22/h5,7-14,20H,4,6H2,1-3H3,(H,21,22). The fourth-order valence-corrected chi connectivity index (χ4v) is 2.48. The fraction of sp³-hybridized carbons (Fsp3) is 0.316. The molecule has 1 amide bonds. The Morgan fingerprint density at radius 2 is 1.77 bits per heavy atom. The van der Waals surface area contributed by atoms with Gasteiger partial charge in [0.2, 0.25) is 5.91 Å². The fourth-order valence-electron chi connectivity index (χ4n) is 2.48. The van der Waals surface area contributed by atoms with E-state index in [1.807, 2.05) is 24.3 Å². The first-order chi connectivity index (χ1) is 10.6. The molecule has 22 heavy (non-hydrogen) atoms. The molecule has 0 radical (unpaired) electrons. The largest absolute Gasteiger partial charge is 0.378 e. The number of aryl methyl sites for hydroxylation is 1. The van der Waals surface area contributed by atoms with Crippen LogP contribution in [0.3, 0.4) is 0 Å². The predicted octanol–water partition coefficient (Wildman–Crippen LogP) is 4.77. The van der Waals surface area contributed by atoms with Gasteiger partial charge in [0.15, 0.2) is 0 Å². The molecule has 2 aromatic carbocycles. The van der Waals surface area contributed by atoms with E-state index in [9.17, 15) is 4.79 Å². The number of rotatable bonds is 6. The number of benzene rings is 2. The maximum Gasteiger partial charge on any atom is 0.221 e. The van der Waals surface area contributed by atoms with Gasteiger partial charge in [-0.25, -0.2) is 0 Å². The van der Waals surface area contributed by atoms with Crippen molar-refractivity contribution in [3.05, 3.63) is 59.7 Å². The Morgan fingerprint density at radius 3 is 2.41 bits per heavy atom. The van der Waals surface area contributed by atoms with Crippen molar-refractivity contribution in [2.24, 2.45) is 0 Å². The van der Waals surface area contributed by atoms with Gasteiger partial charge in [0.1, 0.15) is 0 Å². The molecular formula is C19H24N2O. The Hall–Kier alpha value is -2.29. The van der Waals surface area contributed by atoms with Crippen molar-refractivity contribution < 1.29 is 4.79 Å². The third kappa shape index (κ3) is 4.62. The minimum Gasteiger partial charge on any atom is -0.378 e. The molecule has 0 saturated carbocycles. The van der Waals surface area contributed by atoms with Gasteiger partial charge in [-0.05, 0) is 42.7 Å². The monoisotopic (exact) mass is 296 g/mol. The zero-order valence-electron chi connectivity index (χ0n) is 13.5. The summed E-state index contributed by atoms with van der Waals surface area (Å²) in [7, 11) is 0. The minimum atomic E-state index is -0.0586. The smallest absolute Gasteiger partial charge is 0.221 e.